The zero-order valence-electron chi connectivity index (χ0n) is 9.40. The first-order chi connectivity index (χ1) is 7.25. The second-order valence-corrected chi connectivity index (χ2v) is 4.44. The van der Waals surface area contributed by atoms with Crippen LogP contribution in [0.1, 0.15) is 25.3 Å². The summed E-state index contributed by atoms with van der Waals surface area (Å²) in [6.45, 7) is 6.87. The van der Waals surface area contributed by atoms with Crippen molar-refractivity contribution in [2.75, 3.05) is 19.8 Å². The summed E-state index contributed by atoms with van der Waals surface area (Å²) in [5, 5.41) is 0. The van der Waals surface area contributed by atoms with Gasteiger partial charge in [-0.2, -0.15) is 0 Å². The number of rotatable bonds is 4. The van der Waals surface area contributed by atoms with Gasteiger partial charge in [-0.05, 0) is 23.6 Å². The maximum absolute atomic E-state index is 5.66. The first-order valence-corrected chi connectivity index (χ1v) is 5.56. The van der Waals surface area contributed by atoms with Crippen molar-refractivity contribution < 1.29 is 9.47 Å². The fourth-order valence-corrected chi connectivity index (χ4v) is 1.54. The van der Waals surface area contributed by atoms with E-state index in [2.05, 4.69) is 38.1 Å². The van der Waals surface area contributed by atoms with Gasteiger partial charge >= 0.3 is 0 Å². The van der Waals surface area contributed by atoms with E-state index in [0.717, 1.165) is 25.6 Å². The van der Waals surface area contributed by atoms with Gasteiger partial charge in [-0.1, -0.05) is 26.0 Å². The minimum atomic E-state index is 0.582. The summed E-state index contributed by atoms with van der Waals surface area (Å²) in [5.41, 5.74) is 1.36. The van der Waals surface area contributed by atoms with E-state index in [1.165, 1.54) is 5.56 Å². The van der Waals surface area contributed by atoms with Crippen LogP contribution in [0.5, 0.6) is 5.75 Å². The highest BCUT2D eigenvalue weighted by Gasteiger charge is 2.18. The van der Waals surface area contributed by atoms with Crippen molar-refractivity contribution in [3.05, 3.63) is 29.8 Å². The largest absolute Gasteiger partial charge is 0.493 e. The molecule has 15 heavy (non-hydrogen) atoms. The summed E-state index contributed by atoms with van der Waals surface area (Å²) >= 11 is 0. The lowest BCUT2D eigenvalue weighted by Crippen LogP contribution is -2.32. The fraction of sp³-hybridized carbons (Fsp3) is 0.538. The highest BCUT2D eigenvalue weighted by molar-refractivity contribution is 5.28. The molecule has 1 aromatic carbocycles. The van der Waals surface area contributed by atoms with Gasteiger partial charge < -0.3 is 9.47 Å². The maximum Gasteiger partial charge on any atom is 0.119 e. The Labute approximate surface area is 91.2 Å². The molecule has 0 amide bonds. The molecule has 1 aromatic rings. The molecule has 0 atom stereocenters. The predicted octanol–water partition coefficient (Wildman–Crippen LogP) is 2.84. The van der Waals surface area contributed by atoms with Gasteiger partial charge in [-0.3, -0.25) is 0 Å². The molecule has 0 saturated carbocycles. The van der Waals surface area contributed by atoms with Gasteiger partial charge in [0.25, 0.3) is 0 Å². The third kappa shape index (κ3) is 2.72. The molecule has 0 radical (unpaired) electrons. The molecule has 0 bridgehead atoms. The molecule has 1 aliphatic rings. The zero-order chi connectivity index (χ0) is 10.7. The van der Waals surface area contributed by atoms with Crippen molar-refractivity contribution in [2.45, 2.75) is 19.8 Å². The van der Waals surface area contributed by atoms with Crippen LogP contribution in [0, 0.1) is 5.92 Å². The summed E-state index contributed by atoms with van der Waals surface area (Å²) in [5.74, 6) is 2.14. The number of ether oxygens (including phenoxy) is 2. The molecule has 2 heteroatoms. The van der Waals surface area contributed by atoms with E-state index in [-0.39, 0.29) is 0 Å². The van der Waals surface area contributed by atoms with Crippen LogP contribution in [-0.2, 0) is 4.74 Å². The first-order valence-electron chi connectivity index (χ1n) is 5.56. The molecule has 1 fully saturated rings. The summed E-state index contributed by atoms with van der Waals surface area (Å²) < 4.78 is 10.8. The van der Waals surface area contributed by atoms with Crippen molar-refractivity contribution in [1.82, 2.24) is 0 Å². The molecule has 0 aliphatic carbocycles. The van der Waals surface area contributed by atoms with Crippen LogP contribution in [-0.4, -0.2) is 19.8 Å². The van der Waals surface area contributed by atoms with E-state index in [0.29, 0.717) is 11.8 Å². The molecule has 0 aromatic heterocycles. The van der Waals surface area contributed by atoms with E-state index in [1.54, 1.807) is 0 Å². The molecule has 0 N–H and O–H groups in total. The Hall–Kier alpha value is -1.02. The van der Waals surface area contributed by atoms with Crippen LogP contribution in [0.4, 0.5) is 0 Å². The fourth-order valence-electron chi connectivity index (χ4n) is 1.54. The minimum Gasteiger partial charge on any atom is -0.493 e. The average molecular weight is 206 g/mol. The molecule has 1 aliphatic heterocycles. The quantitative estimate of drug-likeness (QED) is 0.754. The van der Waals surface area contributed by atoms with Gasteiger partial charge in [0.15, 0.2) is 0 Å². The molecule has 0 spiro atoms. The number of hydrogen-bond donors (Lipinski definition) is 0. The normalized spacial score (nSPS) is 16.5. The third-order valence-electron chi connectivity index (χ3n) is 2.74. The molecular weight excluding hydrogens is 188 g/mol. The lowest BCUT2D eigenvalue weighted by Gasteiger charge is -2.25. The monoisotopic (exact) mass is 206 g/mol. The Balaban J connectivity index is 1.86. The Morgan fingerprint density at radius 2 is 1.93 bits per heavy atom. The van der Waals surface area contributed by atoms with Gasteiger partial charge in [0.05, 0.1) is 19.8 Å². The van der Waals surface area contributed by atoms with E-state index < -0.39 is 0 Å². The van der Waals surface area contributed by atoms with Gasteiger partial charge in [0.2, 0.25) is 0 Å². The Bertz CT molecular complexity index is 299. The van der Waals surface area contributed by atoms with Crippen LogP contribution in [0.3, 0.4) is 0 Å². The summed E-state index contributed by atoms with van der Waals surface area (Å²) in [6.07, 6.45) is 0. The van der Waals surface area contributed by atoms with E-state index in [9.17, 15) is 0 Å². The van der Waals surface area contributed by atoms with Crippen molar-refractivity contribution in [2.24, 2.45) is 5.92 Å². The van der Waals surface area contributed by atoms with Crippen molar-refractivity contribution >= 4 is 0 Å². The molecule has 82 valence electrons. The summed E-state index contributed by atoms with van der Waals surface area (Å²) in [4.78, 5) is 0. The second kappa shape index (κ2) is 4.67. The summed E-state index contributed by atoms with van der Waals surface area (Å²) in [7, 11) is 0. The second-order valence-electron chi connectivity index (χ2n) is 4.44. The third-order valence-corrected chi connectivity index (χ3v) is 2.74. The number of hydrogen-bond acceptors (Lipinski definition) is 2. The average Bonchev–Trinajstić information content (AvgIpc) is 2.16. The van der Waals surface area contributed by atoms with Crippen LogP contribution in [0.2, 0.25) is 0 Å². The SMILES string of the molecule is CC(C)c1ccc(OCC2COC2)cc1. The topological polar surface area (TPSA) is 18.5 Å². The Morgan fingerprint density at radius 3 is 2.40 bits per heavy atom. The van der Waals surface area contributed by atoms with Crippen LogP contribution in [0.25, 0.3) is 0 Å². The Morgan fingerprint density at radius 1 is 1.27 bits per heavy atom. The predicted molar refractivity (Wildman–Crippen MR) is 60.3 cm³/mol. The van der Waals surface area contributed by atoms with E-state index in [4.69, 9.17) is 9.47 Å². The van der Waals surface area contributed by atoms with Gasteiger partial charge in [0, 0.05) is 5.92 Å². The van der Waals surface area contributed by atoms with Crippen LogP contribution >= 0.6 is 0 Å². The summed E-state index contributed by atoms with van der Waals surface area (Å²) in [6, 6.07) is 8.37. The molecular formula is C13H18O2. The van der Waals surface area contributed by atoms with Crippen LogP contribution < -0.4 is 4.74 Å². The maximum atomic E-state index is 5.66. The van der Waals surface area contributed by atoms with Crippen LogP contribution in [0.15, 0.2) is 24.3 Å². The van der Waals surface area contributed by atoms with Crippen molar-refractivity contribution in [3.8, 4) is 5.75 Å². The van der Waals surface area contributed by atoms with Gasteiger partial charge in [-0.15, -0.1) is 0 Å². The number of benzene rings is 1. The van der Waals surface area contributed by atoms with Crippen molar-refractivity contribution in [3.63, 3.8) is 0 Å². The lowest BCUT2D eigenvalue weighted by atomic mass is 10.0. The molecule has 0 unspecified atom stereocenters. The highest BCUT2D eigenvalue weighted by atomic mass is 16.5. The zero-order valence-corrected chi connectivity index (χ0v) is 9.40. The first kappa shape index (κ1) is 10.5. The smallest absolute Gasteiger partial charge is 0.119 e. The molecule has 2 rings (SSSR count). The van der Waals surface area contributed by atoms with E-state index >= 15 is 0 Å². The molecule has 1 heterocycles. The standard InChI is InChI=1S/C13H18O2/c1-10(2)12-3-5-13(6-4-12)15-9-11-7-14-8-11/h3-6,10-11H,7-9H2,1-2H3. The minimum absolute atomic E-state index is 0.582. The molecule has 1 saturated heterocycles. The molecule has 2 nitrogen and oxygen atoms in total. The van der Waals surface area contributed by atoms with Crippen molar-refractivity contribution in [1.29, 1.82) is 0 Å². The van der Waals surface area contributed by atoms with Gasteiger partial charge in [-0.25, -0.2) is 0 Å². The highest BCUT2D eigenvalue weighted by Crippen LogP contribution is 2.19. The Kier molecular flexibility index (Phi) is 3.27. The lowest BCUT2D eigenvalue weighted by molar-refractivity contribution is -0.0508. The van der Waals surface area contributed by atoms with Gasteiger partial charge in [0.1, 0.15) is 5.75 Å². The van der Waals surface area contributed by atoms with E-state index in [1.807, 2.05) is 0 Å².